The summed E-state index contributed by atoms with van der Waals surface area (Å²) in [6, 6.07) is 7.22. The summed E-state index contributed by atoms with van der Waals surface area (Å²) in [5.74, 6) is -0.121. The van der Waals surface area contributed by atoms with Crippen molar-refractivity contribution in [1.29, 1.82) is 0 Å². The number of carbonyl (C=O) groups excluding carboxylic acids is 1. The molecule has 5 nitrogen and oxygen atoms in total. The second-order valence-electron chi connectivity index (χ2n) is 4.92. The Morgan fingerprint density at radius 3 is 2.55 bits per heavy atom. The number of rotatable bonds is 3. The van der Waals surface area contributed by atoms with Crippen molar-refractivity contribution in [3.63, 3.8) is 0 Å². The molecule has 0 saturated carbocycles. The van der Waals surface area contributed by atoms with E-state index in [0.29, 0.717) is 31.5 Å². The van der Waals surface area contributed by atoms with E-state index < -0.39 is 10.0 Å². The molecule has 0 atom stereocenters. The van der Waals surface area contributed by atoms with Gasteiger partial charge in [-0.2, -0.15) is 0 Å². The summed E-state index contributed by atoms with van der Waals surface area (Å²) in [4.78, 5) is 12.1. The van der Waals surface area contributed by atoms with Gasteiger partial charge < -0.3 is 5.32 Å². The maximum Gasteiger partial charge on any atom is 0.251 e. The monoisotopic (exact) mass is 360 g/mol. The number of halogens is 1. The van der Waals surface area contributed by atoms with Crippen LogP contribution in [-0.4, -0.2) is 44.0 Å². The molecule has 1 N–H and O–H groups in total. The molecule has 2 rings (SSSR count). The first-order valence-electron chi connectivity index (χ1n) is 6.38. The molecular weight excluding hydrogens is 344 g/mol. The van der Waals surface area contributed by atoms with E-state index in [-0.39, 0.29) is 11.9 Å². The third-order valence-electron chi connectivity index (χ3n) is 3.34. The lowest BCUT2D eigenvalue weighted by molar-refractivity contribution is 0.0924. The zero-order valence-electron chi connectivity index (χ0n) is 11.2. The molecule has 1 aliphatic heterocycles. The maximum absolute atomic E-state index is 12.1. The highest BCUT2D eigenvalue weighted by atomic mass is 79.9. The lowest BCUT2D eigenvalue weighted by Crippen LogP contribution is -2.46. The Labute approximate surface area is 127 Å². The molecule has 0 aliphatic carbocycles. The van der Waals surface area contributed by atoms with Crippen molar-refractivity contribution in [2.45, 2.75) is 18.9 Å². The highest BCUT2D eigenvalue weighted by Crippen LogP contribution is 2.15. The summed E-state index contributed by atoms with van der Waals surface area (Å²) >= 11 is 3.33. The van der Waals surface area contributed by atoms with E-state index in [1.807, 2.05) is 12.1 Å². The fourth-order valence-corrected chi connectivity index (χ4v) is 3.50. The molecule has 0 spiro atoms. The van der Waals surface area contributed by atoms with Crippen molar-refractivity contribution in [3.05, 3.63) is 34.3 Å². The summed E-state index contributed by atoms with van der Waals surface area (Å²) in [7, 11) is -3.12. The Bertz CT molecular complexity index is 595. The second kappa shape index (κ2) is 6.24. The Hall–Kier alpha value is -0.920. The van der Waals surface area contributed by atoms with Crippen LogP contribution in [0.15, 0.2) is 28.7 Å². The molecule has 110 valence electrons. The molecule has 7 heteroatoms. The fraction of sp³-hybridized carbons (Fsp3) is 0.462. The first kappa shape index (κ1) is 15.5. The molecule has 1 aliphatic rings. The maximum atomic E-state index is 12.1. The smallest absolute Gasteiger partial charge is 0.251 e. The molecule has 0 unspecified atom stereocenters. The largest absolute Gasteiger partial charge is 0.349 e. The molecular formula is C13H17BrN2O3S. The first-order valence-corrected chi connectivity index (χ1v) is 9.02. The molecule has 1 fully saturated rings. The van der Waals surface area contributed by atoms with Gasteiger partial charge in [-0.15, -0.1) is 0 Å². The highest BCUT2D eigenvalue weighted by Gasteiger charge is 2.25. The summed E-state index contributed by atoms with van der Waals surface area (Å²) in [5.41, 5.74) is 0.602. The van der Waals surface area contributed by atoms with E-state index in [1.165, 1.54) is 10.6 Å². The lowest BCUT2D eigenvalue weighted by atomic mass is 10.1. The average Bonchev–Trinajstić information content (AvgIpc) is 2.38. The van der Waals surface area contributed by atoms with Gasteiger partial charge in [0, 0.05) is 29.2 Å². The summed E-state index contributed by atoms with van der Waals surface area (Å²) in [6.07, 6.45) is 2.51. The lowest BCUT2D eigenvalue weighted by Gasteiger charge is -2.30. The molecule has 0 radical (unpaired) electrons. The molecule has 1 heterocycles. The molecule has 20 heavy (non-hydrogen) atoms. The number of amides is 1. The van der Waals surface area contributed by atoms with Gasteiger partial charge in [0.05, 0.1) is 6.26 Å². The van der Waals surface area contributed by atoms with Crippen LogP contribution >= 0.6 is 15.9 Å². The van der Waals surface area contributed by atoms with Crippen molar-refractivity contribution in [1.82, 2.24) is 9.62 Å². The number of sulfonamides is 1. The Morgan fingerprint density at radius 1 is 1.35 bits per heavy atom. The van der Waals surface area contributed by atoms with Crippen LogP contribution in [0.4, 0.5) is 0 Å². The second-order valence-corrected chi connectivity index (χ2v) is 7.82. The quantitative estimate of drug-likeness (QED) is 0.890. The van der Waals surface area contributed by atoms with Gasteiger partial charge in [-0.3, -0.25) is 4.79 Å². The number of nitrogens with zero attached hydrogens (tertiary/aromatic N) is 1. The van der Waals surface area contributed by atoms with E-state index >= 15 is 0 Å². The average molecular weight is 361 g/mol. The number of hydrogen-bond donors (Lipinski definition) is 1. The minimum absolute atomic E-state index is 0.0273. The van der Waals surface area contributed by atoms with Crippen LogP contribution in [0.3, 0.4) is 0 Å². The van der Waals surface area contributed by atoms with Crippen molar-refractivity contribution in [3.8, 4) is 0 Å². The SMILES string of the molecule is CS(=O)(=O)N1CCC(NC(=O)c2cccc(Br)c2)CC1. The van der Waals surface area contributed by atoms with Gasteiger partial charge in [-0.25, -0.2) is 12.7 Å². The minimum Gasteiger partial charge on any atom is -0.349 e. The van der Waals surface area contributed by atoms with E-state index in [2.05, 4.69) is 21.2 Å². The number of piperidine rings is 1. The van der Waals surface area contributed by atoms with Crippen LogP contribution in [0.25, 0.3) is 0 Å². The van der Waals surface area contributed by atoms with Crippen molar-refractivity contribution in [2.75, 3.05) is 19.3 Å². The fourth-order valence-electron chi connectivity index (χ4n) is 2.23. The van der Waals surface area contributed by atoms with Crippen molar-refractivity contribution < 1.29 is 13.2 Å². The predicted molar refractivity (Wildman–Crippen MR) is 81.0 cm³/mol. The van der Waals surface area contributed by atoms with Crippen molar-refractivity contribution in [2.24, 2.45) is 0 Å². The highest BCUT2D eigenvalue weighted by molar-refractivity contribution is 9.10. The van der Waals surface area contributed by atoms with Gasteiger partial charge in [0.15, 0.2) is 0 Å². The third kappa shape index (κ3) is 4.04. The van der Waals surface area contributed by atoms with Crippen LogP contribution < -0.4 is 5.32 Å². The molecule has 0 aromatic heterocycles. The Balaban J connectivity index is 1.91. The topological polar surface area (TPSA) is 66.5 Å². The van der Waals surface area contributed by atoms with E-state index in [0.717, 1.165) is 4.47 Å². The number of nitrogens with one attached hydrogen (secondary N) is 1. The van der Waals surface area contributed by atoms with Gasteiger partial charge in [-0.05, 0) is 31.0 Å². The molecule has 1 aromatic rings. The zero-order chi connectivity index (χ0) is 14.8. The van der Waals surface area contributed by atoms with Crippen LogP contribution in [0, 0.1) is 0 Å². The van der Waals surface area contributed by atoms with Gasteiger partial charge in [0.25, 0.3) is 5.91 Å². The molecule has 0 bridgehead atoms. The Kier molecular flexibility index (Phi) is 4.82. The van der Waals surface area contributed by atoms with Crippen LogP contribution in [0.5, 0.6) is 0 Å². The third-order valence-corrected chi connectivity index (χ3v) is 5.14. The van der Waals surface area contributed by atoms with E-state index in [9.17, 15) is 13.2 Å². The zero-order valence-corrected chi connectivity index (χ0v) is 13.6. The molecule has 1 amide bonds. The number of carbonyl (C=O) groups is 1. The van der Waals surface area contributed by atoms with Crippen molar-refractivity contribution >= 4 is 31.9 Å². The minimum atomic E-state index is -3.12. The van der Waals surface area contributed by atoms with E-state index in [4.69, 9.17) is 0 Å². The first-order chi connectivity index (χ1) is 9.36. The van der Waals surface area contributed by atoms with Gasteiger partial charge in [-0.1, -0.05) is 22.0 Å². The number of hydrogen-bond acceptors (Lipinski definition) is 3. The Morgan fingerprint density at radius 2 is 2.00 bits per heavy atom. The normalized spacial score (nSPS) is 17.9. The predicted octanol–water partition coefficient (Wildman–Crippen LogP) is 1.60. The molecule has 1 aromatic carbocycles. The number of benzene rings is 1. The van der Waals surface area contributed by atoms with E-state index in [1.54, 1.807) is 12.1 Å². The molecule has 1 saturated heterocycles. The van der Waals surface area contributed by atoms with Crippen LogP contribution in [0.2, 0.25) is 0 Å². The van der Waals surface area contributed by atoms with Crippen LogP contribution in [0.1, 0.15) is 23.2 Å². The van der Waals surface area contributed by atoms with Gasteiger partial charge in [0.2, 0.25) is 10.0 Å². The summed E-state index contributed by atoms with van der Waals surface area (Å²) in [5, 5.41) is 2.95. The summed E-state index contributed by atoms with van der Waals surface area (Å²) < 4.78 is 25.1. The standard InChI is InChI=1S/C13H17BrN2O3S/c1-20(18,19)16-7-5-12(6-8-16)15-13(17)10-3-2-4-11(14)9-10/h2-4,9,12H,5-8H2,1H3,(H,15,17). The van der Waals surface area contributed by atoms with Gasteiger partial charge >= 0.3 is 0 Å². The summed E-state index contributed by atoms with van der Waals surface area (Å²) in [6.45, 7) is 0.921. The van der Waals surface area contributed by atoms with Crippen LogP contribution in [-0.2, 0) is 10.0 Å². The van der Waals surface area contributed by atoms with Gasteiger partial charge in [0.1, 0.15) is 0 Å².